The van der Waals surface area contributed by atoms with Crippen molar-refractivity contribution in [2.45, 2.75) is 20.4 Å². The summed E-state index contributed by atoms with van der Waals surface area (Å²) in [7, 11) is 1.80. The highest BCUT2D eigenvalue weighted by Crippen LogP contribution is 2.18. The van der Waals surface area contributed by atoms with Gasteiger partial charge in [-0.05, 0) is 38.6 Å². The van der Waals surface area contributed by atoms with Crippen molar-refractivity contribution in [1.82, 2.24) is 10.2 Å². The van der Waals surface area contributed by atoms with Crippen molar-refractivity contribution in [3.63, 3.8) is 0 Å². The van der Waals surface area contributed by atoms with Crippen molar-refractivity contribution >= 4 is 5.91 Å². The lowest BCUT2D eigenvalue weighted by atomic mass is 10.2. The Morgan fingerprint density at radius 1 is 1.37 bits per heavy atom. The maximum absolute atomic E-state index is 13.7. The zero-order chi connectivity index (χ0) is 14.3. The third kappa shape index (κ3) is 4.52. The molecule has 0 bridgehead atoms. The summed E-state index contributed by atoms with van der Waals surface area (Å²) < 4.78 is 18.9. The zero-order valence-electron chi connectivity index (χ0n) is 11.7. The van der Waals surface area contributed by atoms with E-state index in [1.165, 1.54) is 6.07 Å². The molecule has 1 aromatic carbocycles. The summed E-state index contributed by atoms with van der Waals surface area (Å²) in [5.41, 5.74) is 0.836. The molecule has 1 aromatic rings. The topological polar surface area (TPSA) is 41.6 Å². The van der Waals surface area contributed by atoms with E-state index in [4.69, 9.17) is 4.74 Å². The third-order valence-corrected chi connectivity index (χ3v) is 2.84. The standard InChI is InChI=1S/C14H21FN2O2/c1-4-17(5-2)14(18)10-19-13-7-6-11(9-16-3)8-12(13)15/h6-8,16H,4-5,9-10H2,1-3H3. The van der Waals surface area contributed by atoms with Gasteiger partial charge in [0.2, 0.25) is 0 Å². The van der Waals surface area contributed by atoms with Gasteiger partial charge in [-0.2, -0.15) is 0 Å². The number of carbonyl (C=O) groups is 1. The predicted molar refractivity (Wildman–Crippen MR) is 72.6 cm³/mol. The summed E-state index contributed by atoms with van der Waals surface area (Å²) in [6.07, 6.45) is 0. The van der Waals surface area contributed by atoms with Gasteiger partial charge in [0.15, 0.2) is 18.2 Å². The number of hydrogen-bond acceptors (Lipinski definition) is 3. The van der Waals surface area contributed by atoms with Crippen LogP contribution in [0, 0.1) is 5.82 Å². The van der Waals surface area contributed by atoms with E-state index in [1.807, 2.05) is 13.8 Å². The Labute approximate surface area is 113 Å². The molecule has 0 aliphatic heterocycles. The number of halogens is 1. The number of benzene rings is 1. The fraction of sp³-hybridized carbons (Fsp3) is 0.500. The predicted octanol–water partition coefficient (Wildman–Crippen LogP) is 1.79. The number of amides is 1. The second-order valence-corrected chi connectivity index (χ2v) is 4.15. The highest BCUT2D eigenvalue weighted by molar-refractivity contribution is 5.77. The summed E-state index contributed by atoms with van der Waals surface area (Å²) in [6, 6.07) is 4.74. The van der Waals surface area contributed by atoms with Crippen LogP contribution >= 0.6 is 0 Å². The number of rotatable bonds is 7. The maximum atomic E-state index is 13.7. The molecule has 0 atom stereocenters. The van der Waals surface area contributed by atoms with Crippen molar-refractivity contribution in [1.29, 1.82) is 0 Å². The van der Waals surface area contributed by atoms with E-state index >= 15 is 0 Å². The first-order chi connectivity index (χ1) is 9.12. The minimum absolute atomic E-state index is 0.111. The third-order valence-electron chi connectivity index (χ3n) is 2.84. The molecule has 0 saturated heterocycles. The summed E-state index contributed by atoms with van der Waals surface area (Å²) in [6.45, 7) is 5.51. The molecular formula is C14H21FN2O2. The lowest BCUT2D eigenvalue weighted by molar-refractivity contribution is -0.133. The lowest BCUT2D eigenvalue weighted by Crippen LogP contribution is -2.34. The second-order valence-electron chi connectivity index (χ2n) is 4.15. The van der Waals surface area contributed by atoms with Crippen LogP contribution in [0.4, 0.5) is 4.39 Å². The Morgan fingerprint density at radius 3 is 2.58 bits per heavy atom. The second kappa shape index (κ2) is 7.74. The molecule has 1 rings (SSSR count). The first-order valence-corrected chi connectivity index (χ1v) is 6.45. The quantitative estimate of drug-likeness (QED) is 0.820. The van der Waals surface area contributed by atoms with Crippen LogP contribution < -0.4 is 10.1 Å². The average Bonchev–Trinajstić information content (AvgIpc) is 2.39. The first kappa shape index (κ1) is 15.4. The fourth-order valence-electron chi connectivity index (χ4n) is 1.78. The molecule has 19 heavy (non-hydrogen) atoms. The molecule has 0 aliphatic rings. The van der Waals surface area contributed by atoms with Gasteiger partial charge in [0.25, 0.3) is 5.91 Å². The molecule has 4 nitrogen and oxygen atoms in total. The van der Waals surface area contributed by atoms with E-state index in [0.29, 0.717) is 19.6 Å². The molecule has 0 radical (unpaired) electrons. The molecule has 0 unspecified atom stereocenters. The highest BCUT2D eigenvalue weighted by atomic mass is 19.1. The molecule has 5 heteroatoms. The summed E-state index contributed by atoms with van der Waals surface area (Å²) in [5.74, 6) is -0.468. The van der Waals surface area contributed by atoms with Gasteiger partial charge >= 0.3 is 0 Å². The van der Waals surface area contributed by atoms with Crippen molar-refractivity contribution < 1.29 is 13.9 Å². The van der Waals surface area contributed by atoms with E-state index in [1.54, 1.807) is 24.1 Å². The Morgan fingerprint density at radius 2 is 2.05 bits per heavy atom. The molecule has 0 heterocycles. The van der Waals surface area contributed by atoms with E-state index in [-0.39, 0.29) is 18.3 Å². The van der Waals surface area contributed by atoms with Crippen molar-refractivity contribution in [3.8, 4) is 5.75 Å². The molecule has 1 N–H and O–H groups in total. The van der Waals surface area contributed by atoms with Gasteiger partial charge in [0.1, 0.15) is 0 Å². The highest BCUT2D eigenvalue weighted by Gasteiger charge is 2.12. The number of hydrogen-bond donors (Lipinski definition) is 1. The Bertz CT molecular complexity index is 420. The molecular weight excluding hydrogens is 247 g/mol. The van der Waals surface area contributed by atoms with E-state index < -0.39 is 5.82 Å². The van der Waals surface area contributed by atoms with Crippen molar-refractivity contribution in [3.05, 3.63) is 29.6 Å². The molecule has 1 amide bonds. The molecule has 0 saturated carbocycles. The number of carbonyl (C=O) groups excluding carboxylic acids is 1. The Hall–Kier alpha value is -1.62. The van der Waals surface area contributed by atoms with Crippen LogP contribution in [-0.4, -0.2) is 37.6 Å². The van der Waals surface area contributed by atoms with Gasteiger partial charge < -0.3 is 15.0 Å². The largest absolute Gasteiger partial charge is 0.481 e. The van der Waals surface area contributed by atoms with Gasteiger partial charge in [-0.3, -0.25) is 4.79 Å². The summed E-state index contributed by atoms with van der Waals surface area (Å²) >= 11 is 0. The monoisotopic (exact) mass is 268 g/mol. The maximum Gasteiger partial charge on any atom is 0.260 e. The molecule has 0 spiro atoms. The van der Waals surface area contributed by atoms with Crippen LogP contribution in [0.1, 0.15) is 19.4 Å². The molecule has 0 aliphatic carbocycles. The first-order valence-electron chi connectivity index (χ1n) is 6.45. The average molecular weight is 268 g/mol. The number of nitrogens with zero attached hydrogens (tertiary/aromatic N) is 1. The number of nitrogens with one attached hydrogen (secondary N) is 1. The minimum Gasteiger partial charge on any atom is -0.481 e. The van der Waals surface area contributed by atoms with Crippen molar-refractivity contribution in [2.75, 3.05) is 26.7 Å². The summed E-state index contributed by atoms with van der Waals surface area (Å²) in [4.78, 5) is 13.4. The Balaban J connectivity index is 2.60. The number of likely N-dealkylation sites (N-methyl/N-ethyl adjacent to an activating group) is 1. The van der Waals surface area contributed by atoms with Gasteiger partial charge in [-0.15, -0.1) is 0 Å². The van der Waals surface area contributed by atoms with Crippen LogP contribution in [0.2, 0.25) is 0 Å². The van der Waals surface area contributed by atoms with E-state index in [2.05, 4.69) is 5.32 Å². The van der Waals surface area contributed by atoms with Gasteiger partial charge in [-0.1, -0.05) is 6.07 Å². The van der Waals surface area contributed by atoms with Gasteiger partial charge in [0, 0.05) is 19.6 Å². The smallest absolute Gasteiger partial charge is 0.260 e. The van der Waals surface area contributed by atoms with Gasteiger partial charge in [-0.25, -0.2) is 4.39 Å². The van der Waals surface area contributed by atoms with E-state index in [0.717, 1.165) is 5.56 Å². The van der Waals surface area contributed by atoms with Crippen molar-refractivity contribution in [2.24, 2.45) is 0 Å². The molecule has 0 aromatic heterocycles. The van der Waals surface area contributed by atoms with E-state index in [9.17, 15) is 9.18 Å². The zero-order valence-corrected chi connectivity index (χ0v) is 11.7. The SMILES string of the molecule is CCN(CC)C(=O)COc1ccc(CNC)cc1F. The Kier molecular flexibility index (Phi) is 6.29. The van der Waals surface area contributed by atoms with Crippen LogP contribution in [0.3, 0.4) is 0 Å². The lowest BCUT2D eigenvalue weighted by Gasteiger charge is -2.18. The molecule has 0 fully saturated rings. The van der Waals surface area contributed by atoms with Crippen LogP contribution in [0.5, 0.6) is 5.75 Å². The fourth-order valence-corrected chi connectivity index (χ4v) is 1.78. The van der Waals surface area contributed by atoms with Crippen LogP contribution in [0.25, 0.3) is 0 Å². The summed E-state index contributed by atoms with van der Waals surface area (Å²) in [5, 5.41) is 2.94. The van der Waals surface area contributed by atoms with Gasteiger partial charge in [0.05, 0.1) is 0 Å². The number of ether oxygens (including phenoxy) is 1. The van der Waals surface area contributed by atoms with Crippen LogP contribution in [0.15, 0.2) is 18.2 Å². The molecule has 106 valence electrons. The normalized spacial score (nSPS) is 10.3. The minimum atomic E-state index is -0.444. The van der Waals surface area contributed by atoms with Crippen LogP contribution in [-0.2, 0) is 11.3 Å².